The number of hydrogen-bond donors (Lipinski definition) is 1. The number of nitrogens with one attached hydrogen (secondary N) is 1. The number of fused-ring (bicyclic) bond motifs is 1. The number of rotatable bonds is 9. The maximum Gasteiger partial charge on any atom is 0.252 e. The first kappa shape index (κ1) is 21.0. The molecule has 6 nitrogen and oxygen atoms in total. The van der Waals surface area contributed by atoms with Crippen molar-refractivity contribution >= 4 is 16.9 Å². The number of anilines is 1. The molecule has 0 aliphatic heterocycles. The lowest BCUT2D eigenvalue weighted by molar-refractivity contribution is 0.141. The van der Waals surface area contributed by atoms with Crippen LogP contribution in [0.4, 0.5) is 10.2 Å². The molecule has 3 aromatic rings. The third-order valence-corrected chi connectivity index (χ3v) is 4.24. The first-order chi connectivity index (χ1) is 14.6. The second kappa shape index (κ2) is 9.67. The molecule has 2 aromatic heterocycles. The van der Waals surface area contributed by atoms with Crippen LogP contribution in [0.3, 0.4) is 0 Å². The third kappa shape index (κ3) is 4.47. The van der Waals surface area contributed by atoms with Crippen molar-refractivity contribution in [3.63, 3.8) is 0 Å². The molecule has 1 N–H and O–H groups in total. The Hall–Kier alpha value is -3.71. The number of hydrogen-bond acceptors (Lipinski definition) is 5. The molecule has 0 saturated carbocycles. The minimum Gasteiger partial charge on any atom is -0.473 e. The van der Waals surface area contributed by atoms with Crippen LogP contribution in [0.15, 0.2) is 84.3 Å². The standard InChI is InChI=1S/C23H22FN3O3/c1-4-9-16(5-2)25-21-15-20(28)18-14-19(24)23(30-13-12-29-3)26-22(18)27(21)17-10-7-6-8-11-17/h4-11,14-15,25H,1-2,12-13H2,3H3/b16-9+. The van der Waals surface area contributed by atoms with E-state index in [2.05, 4.69) is 23.5 Å². The van der Waals surface area contributed by atoms with Gasteiger partial charge in [0, 0.05) is 24.6 Å². The molecular formula is C23H22FN3O3. The number of allylic oxidation sites excluding steroid dienone is 3. The van der Waals surface area contributed by atoms with E-state index in [1.54, 1.807) is 22.8 Å². The topological polar surface area (TPSA) is 65.4 Å². The normalized spacial score (nSPS) is 11.3. The summed E-state index contributed by atoms with van der Waals surface area (Å²) in [5, 5.41) is 3.29. The Morgan fingerprint density at radius 2 is 2.00 bits per heavy atom. The largest absolute Gasteiger partial charge is 0.473 e. The van der Waals surface area contributed by atoms with Gasteiger partial charge in [0.05, 0.1) is 12.0 Å². The number of methoxy groups -OCH3 is 1. The van der Waals surface area contributed by atoms with Crippen molar-refractivity contribution in [3.8, 4) is 11.6 Å². The molecule has 2 heterocycles. The molecule has 1 aromatic carbocycles. The van der Waals surface area contributed by atoms with E-state index in [0.29, 0.717) is 11.5 Å². The van der Waals surface area contributed by atoms with Crippen LogP contribution in [0.2, 0.25) is 0 Å². The molecule has 0 aliphatic carbocycles. The van der Waals surface area contributed by atoms with Gasteiger partial charge in [-0.3, -0.25) is 9.36 Å². The summed E-state index contributed by atoms with van der Waals surface area (Å²) in [5.41, 5.74) is 1.24. The van der Waals surface area contributed by atoms with E-state index in [9.17, 15) is 9.18 Å². The highest BCUT2D eigenvalue weighted by atomic mass is 19.1. The predicted molar refractivity (Wildman–Crippen MR) is 117 cm³/mol. The van der Waals surface area contributed by atoms with Gasteiger partial charge in [0.1, 0.15) is 12.4 Å². The lowest BCUT2D eigenvalue weighted by atomic mass is 10.2. The lowest BCUT2D eigenvalue weighted by Gasteiger charge is -2.18. The van der Waals surface area contributed by atoms with Gasteiger partial charge in [-0.1, -0.05) is 37.4 Å². The molecule has 0 atom stereocenters. The van der Waals surface area contributed by atoms with E-state index in [0.717, 1.165) is 11.8 Å². The van der Waals surface area contributed by atoms with Crippen molar-refractivity contribution in [2.75, 3.05) is 25.6 Å². The summed E-state index contributed by atoms with van der Waals surface area (Å²) < 4.78 is 26.6. The van der Waals surface area contributed by atoms with Crippen LogP contribution in [-0.4, -0.2) is 29.9 Å². The summed E-state index contributed by atoms with van der Waals surface area (Å²) in [7, 11) is 1.52. The summed E-state index contributed by atoms with van der Waals surface area (Å²) in [5.74, 6) is -0.477. The molecule has 0 aliphatic rings. The van der Waals surface area contributed by atoms with Gasteiger partial charge in [-0.2, -0.15) is 4.98 Å². The van der Waals surface area contributed by atoms with E-state index >= 15 is 0 Å². The van der Waals surface area contributed by atoms with Gasteiger partial charge in [0.15, 0.2) is 16.9 Å². The maximum atomic E-state index is 14.5. The molecule has 0 bridgehead atoms. The summed E-state index contributed by atoms with van der Waals surface area (Å²) in [6, 6.07) is 11.8. The number of ether oxygens (including phenoxy) is 2. The number of benzene rings is 1. The van der Waals surface area contributed by atoms with Crippen LogP contribution in [0.25, 0.3) is 16.7 Å². The first-order valence-electron chi connectivity index (χ1n) is 9.24. The Kier molecular flexibility index (Phi) is 6.77. The average molecular weight is 407 g/mol. The van der Waals surface area contributed by atoms with Crippen molar-refractivity contribution in [2.45, 2.75) is 0 Å². The van der Waals surface area contributed by atoms with Crippen LogP contribution < -0.4 is 15.5 Å². The molecule has 0 fully saturated rings. The van der Waals surface area contributed by atoms with Crippen molar-refractivity contribution in [1.29, 1.82) is 0 Å². The number of pyridine rings is 2. The Labute approximate surface area is 173 Å². The SMILES string of the molecule is C=C/C=C(\C=C)Nc1cc(=O)c2cc(F)c(OCCOC)nc2n1-c1ccccc1. The van der Waals surface area contributed by atoms with Gasteiger partial charge in [-0.25, -0.2) is 4.39 Å². The molecule has 0 radical (unpaired) electrons. The highest BCUT2D eigenvalue weighted by Gasteiger charge is 2.17. The van der Waals surface area contributed by atoms with Gasteiger partial charge in [0.2, 0.25) is 0 Å². The van der Waals surface area contributed by atoms with Crippen molar-refractivity contribution < 1.29 is 13.9 Å². The van der Waals surface area contributed by atoms with Crippen LogP contribution >= 0.6 is 0 Å². The minimum atomic E-state index is -0.714. The fourth-order valence-electron chi connectivity index (χ4n) is 2.88. The minimum absolute atomic E-state index is 0.127. The fourth-order valence-corrected chi connectivity index (χ4v) is 2.88. The zero-order chi connectivity index (χ0) is 21.5. The van der Waals surface area contributed by atoms with Gasteiger partial charge in [-0.15, -0.1) is 0 Å². The molecule has 154 valence electrons. The zero-order valence-corrected chi connectivity index (χ0v) is 16.6. The predicted octanol–water partition coefficient (Wildman–Crippen LogP) is 4.22. The molecule has 0 spiro atoms. The summed E-state index contributed by atoms with van der Waals surface area (Å²) in [4.78, 5) is 17.1. The Balaban J connectivity index is 2.28. The number of aromatic nitrogens is 2. The van der Waals surface area contributed by atoms with Crippen LogP contribution in [0.5, 0.6) is 5.88 Å². The van der Waals surface area contributed by atoms with Crippen molar-refractivity contribution in [2.24, 2.45) is 0 Å². The van der Waals surface area contributed by atoms with Gasteiger partial charge in [-0.05, 0) is 30.4 Å². The van der Waals surface area contributed by atoms with Crippen LogP contribution in [-0.2, 0) is 4.74 Å². The van der Waals surface area contributed by atoms with E-state index in [-0.39, 0.29) is 35.6 Å². The monoisotopic (exact) mass is 407 g/mol. The highest BCUT2D eigenvalue weighted by Crippen LogP contribution is 2.26. The second-order valence-electron chi connectivity index (χ2n) is 6.24. The van der Waals surface area contributed by atoms with E-state index in [1.165, 1.54) is 13.2 Å². The summed E-state index contributed by atoms with van der Waals surface area (Å²) in [6.45, 7) is 7.86. The molecule has 30 heavy (non-hydrogen) atoms. The quantitative estimate of drug-likeness (QED) is 0.425. The second-order valence-corrected chi connectivity index (χ2v) is 6.24. The van der Waals surface area contributed by atoms with Crippen molar-refractivity contribution in [1.82, 2.24) is 9.55 Å². The molecular weight excluding hydrogens is 385 g/mol. The fraction of sp³-hybridized carbons (Fsp3) is 0.130. The number of nitrogens with zero attached hydrogens (tertiary/aromatic N) is 2. The third-order valence-electron chi connectivity index (χ3n) is 4.24. The number of para-hydroxylation sites is 1. The lowest BCUT2D eigenvalue weighted by Crippen LogP contribution is -2.16. The van der Waals surface area contributed by atoms with Gasteiger partial charge >= 0.3 is 0 Å². The Bertz CT molecular complexity index is 1150. The Morgan fingerprint density at radius 3 is 2.67 bits per heavy atom. The molecule has 0 saturated heterocycles. The molecule has 0 unspecified atom stereocenters. The van der Waals surface area contributed by atoms with Gasteiger partial charge in [0.25, 0.3) is 5.88 Å². The van der Waals surface area contributed by atoms with Crippen LogP contribution in [0.1, 0.15) is 0 Å². The van der Waals surface area contributed by atoms with Crippen molar-refractivity contribution in [3.05, 3.63) is 95.6 Å². The van der Waals surface area contributed by atoms with E-state index < -0.39 is 5.82 Å². The maximum absolute atomic E-state index is 14.5. The summed E-state index contributed by atoms with van der Waals surface area (Å²) in [6.07, 6.45) is 4.92. The average Bonchev–Trinajstić information content (AvgIpc) is 2.75. The van der Waals surface area contributed by atoms with E-state index in [4.69, 9.17) is 9.47 Å². The summed E-state index contributed by atoms with van der Waals surface area (Å²) >= 11 is 0. The van der Waals surface area contributed by atoms with Crippen LogP contribution in [0, 0.1) is 5.82 Å². The zero-order valence-electron chi connectivity index (χ0n) is 16.6. The van der Waals surface area contributed by atoms with Gasteiger partial charge < -0.3 is 14.8 Å². The van der Waals surface area contributed by atoms with E-state index in [1.807, 2.05) is 30.3 Å². The Morgan fingerprint density at radius 1 is 1.23 bits per heavy atom. The smallest absolute Gasteiger partial charge is 0.252 e. The molecule has 3 rings (SSSR count). The molecule has 7 heteroatoms. The number of halogens is 1. The first-order valence-corrected chi connectivity index (χ1v) is 9.24. The molecule has 0 amide bonds. The highest BCUT2D eigenvalue weighted by molar-refractivity contribution is 5.81.